The predicted octanol–water partition coefficient (Wildman–Crippen LogP) is -0.429. The van der Waals surface area contributed by atoms with Crippen molar-refractivity contribution < 1.29 is 36.7 Å². The van der Waals surface area contributed by atoms with Gasteiger partial charge in [-0.05, 0) is 0 Å². The third kappa shape index (κ3) is 174. The quantitative estimate of drug-likeness (QED) is 0.424. The van der Waals surface area contributed by atoms with E-state index in [0.29, 0.717) is 0 Å². The predicted molar refractivity (Wildman–Crippen MR) is 17.8 cm³/mol. The zero-order chi connectivity index (χ0) is 3.58. The average Bonchev–Trinajstić information content (AvgIpc) is 0.811. The topological polar surface area (TPSA) is 57.5 Å². The molecule has 5 heteroatoms. The second-order valence-electron chi connectivity index (χ2n) is 0.283. The van der Waals surface area contributed by atoms with E-state index in [4.69, 9.17) is 15.0 Å². The van der Waals surface area contributed by atoms with Crippen LogP contribution in [-0.4, -0.2) is 35.2 Å². The molecule has 0 fully saturated rings. The smallest absolute Gasteiger partial charge is 0 e. The van der Waals surface area contributed by atoms with Crippen molar-refractivity contribution in [2.45, 2.75) is 0 Å². The van der Waals surface area contributed by atoms with Crippen LogP contribution in [0.5, 0.6) is 0 Å². The molecule has 0 aromatic heterocycles. The molecule has 0 unspecified atom stereocenters. The van der Waals surface area contributed by atoms with Crippen LogP contribution in [0, 0.1) is 0 Å². The molecule has 6 heavy (non-hydrogen) atoms. The third-order valence-corrected chi connectivity index (χ3v) is 0. The summed E-state index contributed by atoms with van der Waals surface area (Å²) in [6.45, 7) is 0. The second-order valence-corrected chi connectivity index (χ2v) is 0.283. The van der Waals surface area contributed by atoms with Crippen LogP contribution >= 0.6 is 0 Å². The van der Waals surface area contributed by atoms with Gasteiger partial charge in [-0.3, -0.25) is 0 Å². The van der Waals surface area contributed by atoms with Crippen LogP contribution in [0.1, 0.15) is 0 Å². The molecule has 0 radical (unpaired) electrons. The molecule has 0 amide bonds. The Morgan fingerprint density at radius 2 is 1.33 bits per heavy atom. The fraction of sp³-hybridized carbons (Fsp3) is 0. The van der Waals surface area contributed by atoms with E-state index < -0.39 is 6.16 Å². The Hall–Kier alpha value is 0.582. The van der Waals surface area contributed by atoms with Gasteiger partial charge < -0.3 is 10.2 Å². The van der Waals surface area contributed by atoms with E-state index in [9.17, 15) is 0 Å². The van der Waals surface area contributed by atoms with E-state index in [0.717, 1.165) is 0 Å². The molecule has 0 saturated carbocycles. The van der Waals surface area contributed by atoms with Gasteiger partial charge in [0.15, 0.2) is 0 Å². The summed E-state index contributed by atoms with van der Waals surface area (Å²) >= 11 is 0. The van der Waals surface area contributed by atoms with E-state index in [2.05, 4.69) is 0 Å². The third-order valence-electron chi connectivity index (χ3n) is 0. The fourth-order valence-electron chi connectivity index (χ4n) is 0. The maximum atomic E-state index is 8.56. The van der Waals surface area contributed by atoms with E-state index >= 15 is 0 Å². The van der Waals surface area contributed by atoms with Gasteiger partial charge >= 0.3 is 25.0 Å². The Kier molecular flexibility index (Phi) is 24.3. The van der Waals surface area contributed by atoms with Crippen LogP contribution < -0.4 is 0 Å². The first-order valence-corrected chi connectivity index (χ1v) is 0.651. The van der Waals surface area contributed by atoms with Crippen molar-refractivity contribution in [2.75, 3.05) is 0 Å². The van der Waals surface area contributed by atoms with E-state index in [1.807, 2.05) is 0 Å². The molecule has 0 atom stereocenters. The Bertz CT molecular complexity index is 33.8. The average molecular weight is 118 g/mol. The van der Waals surface area contributed by atoms with Crippen LogP contribution in [0.25, 0.3) is 0 Å². The maximum Gasteiger partial charge on any atom is 0 e. The SMILES string of the molecule is O=C(O)O.[LiH].[Ti]. The molecule has 0 heterocycles. The molecule has 0 aliphatic carbocycles. The number of rotatable bonds is 0. The second kappa shape index (κ2) is 9.13. The van der Waals surface area contributed by atoms with Gasteiger partial charge in [0, 0.05) is 21.7 Å². The molecule has 30 valence electrons. The van der Waals surface area contributed by atoms with Gasteiger partial charge in [-0.2, -0.15) is 0 Å². The van der Waals surface area contributed by atoms with Crippen molar-refractivity contribution in [3.05, 3.63) is 0 Å². The number of carbonyl (C=O) groups is 1. The van der Waals surface area contributed by atoms with Gasteiger partial charge in [-0.25, -0.2) is 4.79 Å². The van der Waals surface area contributed by atoms with Gasteiger partial charge in [0.25, 0.3) is 0 Å². The summed E-state index contributed by atoms with van der Waals surface area (Å²) in [6.07, 6.45) is -1.83. The number of carboxylic acid groups (broad SMARTS) is 2. The molecule has 3 nitrogen and oxygen atoms in total. The van der Waals surface area contributed by atoms with Crippen LogP contribution in [0.2, 0.25) is 0 Å². The zero-order valence-electron chi connectivity index (χ0n) is 2.30. The molecular weight excluding hydrogens is 115 g/mol. The summed E-state index contributed by atoms with van der Waals surface area (Å²) in [5.74, 6) is 0. The summed E-state index contributed by atoms with van der Waals surface area (Å²) in [5, 5.41) is 13.9. The van der Waals surface area contributed by atoms with Gasteiger partial charge in [0.05, 0.1) is 0 Å². The zero-order valence-corrected chi connectivity index (χ0v) is 3.86. The largest absolute Gasteiger partial charge is 0 e. The molecule has 0 rings (SSSR count). The molecular formula is CH3LiO3Ti. The molecule has 0 aromatic carbocycles. The van der Waals surface area contributed by atoms with E-state index in [1.165, 1.54) is 0 Å². The van der Waals surface area contributed by atoms with Gasteiger partial charge in [-0.15, -0.1) is 0 Å². The normalized spacial score (nSPS) is 4.00. The first kappa shape index (κ1) is 16.0. The van der Waals surface area contributed by atoms with Crippen LogP contribution in [0.15, 0.2) is 0 Å². The molecule has 0 aliphatic rings. The molecule has 0 aliphatic heterocycles. The summed E-state index contributed by atoms with van der Waals surface area (Å²) in [6, 6.07) is 0. The Balaban J connectivity index is -0.0000000450. The monoisotopic (exact) mass is 118 g/mol. The Morgan fingerprint density at radius 1 is 1.33 bits per heavy atom. The van der Waals surface area contributed by atoms with Crippen LogP contribution in [0.3, 0.4) is 0 Å². The van der Waals surface area contributed by atoms with Crippen molar-refractivity contribution >= 4 is 25.0 Å². The Labute approximate surface area is 61.8 Å². The minimum absolute atomic E-state index is 0. The van der Waals surface area contributed by atoms with Crippen molar-refractivity contribution in [1.29, 1.82) is 0 Å². The molecule has 0 saturated heterocycles. The molecule has 0 spiro atoms. The van der Waals surface area contributed by atoms with Gasteiger partial charge in [0.1, 0.15) is 0 Å². The van der Waals surface area contributed by atoms with Crippen LogP contribution in [0.4, 0.5) is 4.79 Å². The van der Waals surface area contributed by atoms with Gasteiger partial charge in [0.2, 0.25) is 0 Å². The van der Waals surface area contributed by atoms with E-state index in [1.54, 1.807) is 0 Å². The minimum atomic E-state index is -1.83. The summed E-state index contributed by atoms with van der Waals surface area (Å²) in [5.41, 5.74) is 0. The fourth-order valence-corrected chi connectivity index (χ4v) is 0. The standard InChI is InChI=1S/CH2O3.Li.Ti.H/c2-1(3)4;;;/h(H2,2,3,4);;;. The maximum absolute atomic E-state index is 8.56. The van der Waals surface area contributed by atoms with Crippen LogP contribution in [-0.2, 0) is 21.7 Å². The van der Waals surface area contributed by atoms with Crippen molar-refractivity contribution in [2.24, 2.45) is 0 Å². The van der Waals surface area contributed by atoms with Crippen molar-refractivity contribution in [3.63, 3.8) is 0 Å². The van der Waals surface area contributed by atoms with Gasteiger partial charge in [-0.1, -0.05) is 0 Å². The van der Waals surface area contributed by atoms with Crippen molar-refractivity contribution in [3.8, 4) is 0 Å². The van der Waals surface area contributed by atoms with E-state index in [-0.39, 0.29) is 40.6 Å². The molecule has 0 bridgehead atoms. The van der Waals surface area contributed by atoms with Crippen molar-refractivity contribution in [1.82, 2.24) is 0 Å². The molecule has 2 N–H and O–H groups in total. The molecule has 0 aromatic rings. The summed E-state index contributed by atoms with van der Waals surface area (Å²) in [4.78, 5) is 8.56. The Morgan fingerprint density at radius 3 is 1.33 bits per heavy atom. The first-order chi connectivity index (χ1) is 1.73. The summed E-state index contributed by atoms with van der Waals surface area (Å²) < 4.78 is 0. The minimum Gasteiger partial charge on any atom is 0 e. The summed E-state index contributed by atoms with van der Waals surface area (Å²) in [7, 11) is 0. The number of hydrogen-bond acceptors (Lipinski definition) is 1. The number of hydrogen-bond donors (Lipinski definition) is 2. The first-order valence-electron chi connectivity index (χ1n) is 0.651.